The number of benzene rings is 2. The van der Waals surface area contributed by atoms with Crippen LogP contribution in [-0.2, 0) is 11.3 Å². The molecule has 1 heterocycles. The van der Waals surface area contributed by atoms with Gasteiger partial charge in [0.15, 0.2) is 0 Å². The summed E-state index contributed by atoms with van der Waals surface area (Å²) in [5.74, 6) is 6.66. The first-order chi connectivity index (χ1) is 15.6. The Labute approximate surface area is 203 Å². The molecule has 1 amide bonds. The highest BCUT2D eigenvalue weighted by Gasteiger charge is 2.26. The van der Waals surface area contributed by atoms with Crippen LogP contribution in [0.5, 0.6) is 0 Å². The van der Waals surface area contributed by atoms with Crippen molar-refractivity contribution in [2.24, 2.45) is 0 Å². The van der Waals surface area contributed by atoms with Gasteiger partial charge in [0.05, 0.1) is 6.54 Å². The number of hydrogen-bond acceptors (Lipinski definition) is 4. The van der Waals surface area contributed by atoms with E-state index in [2.05, 4.69) is 52.0 Å². The molecule has 0 N–H and O–H groups in total. The molecular weight excluding hydrogens is 434 g/mol. The van der Waals surface area contributed by atoms with Crippen molar-refractivity contribution in [2.75, 3.05) is 46.8 Å². The maximum absolute atomic E-state index is 12.4. The number of piperazine rings is 1. The Morgan fingerprint density at radius 3 is 2.33 bits per heavy atom. The van der Waals surface area contributed by atoms with Gasteiger partial charge in [-0.25, -0.2) is 4.79 Å². The van der Waals surface area contributed by atoms with E-state index in [9.17, 15) is 4.79 Å². The standard InChI is InChI=1S/C27H34ClN3O2/c1-27(2,3)33-26(32)31-18-16-30(17-19-31)20-25-21(9-7-15-29(4)5)8-6-10-24(25)22-11-13-23(28)14-12-22/h6,8,10-14H,15-20H2,1-5H3. The molecule has 1 saturated heterocycles. The first-order valence-electron chi connectivity index (χ1n) is 11.3. The van der Waals surface area contributed by atoms with Crippen LogP contribution in [0.2, 0.25) is 5.02 Å². The van der Waals surface area contributed by atoms with E-state index in [0.29, 0.717) is 19.6 Å². The zero-order chi connectivity index (χ0) is 24.0. The van der Waals surface area contributed by atoms with Gasteiger partial charge in [0.2, 0.25) is 0 Å². The Morgan fingerprint density at radius 2 is 1.73 bits per heavy atom. The summed E-state index contributed by atoms with van der Waals surface area (Å²) in [6.45, 7) is 10.1. The minimum absolute atomic E-state index is 0.237. The average Bonchev–Trinajstić information content (AvgIpc) is 2.74. The van der Waals surface area contributed by atoms with E-state index in [4.69, 9.17) is 16.3 Å². The average molecular weight is 468 g/mol. The smallest absolute Gasteiger partial charge is 0.410 e. The highest BCUT2D eigenvalue weighted by Crippen LogP contribution is 2.29. The third-order valence-corrected chi connectivity index (χ3v) is 5.61. The fourth-order valence-corrected chi connectivity index (χ4v) is 3.83. The summed E-state index contributed by atoms with van der Waals surface area (Å²) in [4.78, 5) is 18.7. The van der Waals surface area contributed by atoms with E-state index in [0.717, 1.165) is 41.3 Å². The minimum atomic E-state index is -0.480. The number of nitrogens with zero attached hydrogens (tertiary/aromatic N) is 3. The van der Waals surface area contributed by atoms with Crippen LogP contribution >= 0.6 is 11.6 Å². The van der Waals surface area contributed by atoms with Crippen molar-refractivity contribution < 1.29 is 9.53 Å². The van der Waals surface area contributed by atoms with Crippen LogP contribution < -0.4 is 0 Å². The van der Waals surface area contributed by atoms with Gasteiger partial charge in [0, 0.05) is 43.3 Å². The van der Waals surface area contributed by atoms with Crippen molar-refractivity contribution in [1.82, 2.24) is 14.7 Å². The molecule has 2 aromatic rings. The third kappa shape index (κ3) is 7.50. The number of carbonyl (C=O) groups is 1. The summed E-state index contributed by atoms with van der Waals surface area (Å²) in [6, 6.07) is 14.3. The Bertz CT molecular complexity index is 1010. The molecule has 3 rings (SSSR count). The van der Waals surface area contributed by atoms with E-state index >= 15 is 0 Å². The van der Waals surface area contributed by atoms with E-state index in [1.165, 1.54) is 5.56 Å². The fraction of sp³-hybridized carbons (Fsp3) is 0.444. The first-order valence-corrected chi connectivity index (χ1v) is 11.7. The van der Waals surface area contributed by atoms with Crippen LogP contribution in [0.1, 0.15) is 31.9 Å². The highest BCUT2D eigenvalue weighted by atomic mass is 35.5. The highest BCUT2D eigenvalue weighted by molar-refractivity contribution is 6.30. The Morgan fingerprint density at radius 1 is 1.06 bits per heavy atom. The van der Waals surface area contributed by atoms with Gasteiger partial charge in [-0.3, -0.25) is 9.80 Å². The molecule has 1 aliphatic heterocycles. The van der Waals surface area contributed by atoms with Crippen molar-refractivity contribution in [3.63, 3.8) is 0 Å². The normalized spacial score (nSPS) is 14.7. The molecule has 5 nitrogen and oxygen atoms in total. The molecule has 1 fully saturated rings. The fourth-order valence-electron chi connectivity index (χ4n) is 3.71. The minimum Gasteiger partial charge on any atom is -0.444 e. The molecule has 2 aromatic carbocycles. The quantitative estimate of drug-likeness (QED) is 0.594. The van der Waals surface area contributed by atoms with Crippen LogP contribution in [0.25, 0.3) is 11.1 Å². The summed E-state index contributed by atoms with van der Waals surface area (Å²) < 4.78 is 5.54. The van der Waals surface area contributed by atoms with E-state index in [-0.39, 0.29) is 6.09 Å². The lowest BCUT2D eigenvalue weighted by Crippen LogP contribution is -2.49. The van der Waals surface area contributed by atoms with Crippen LogP contribution in [0.4, 0.5) is 4.79 Å². The van der Waals surface area contributed by atoms with Gasteiger partial charge in [-0.2, -0.15) is 0 Å². The van der Waals surface area contributed by atoms with Crippen molar-refractivity contribution in [3.8, 4) is 23.0 Å². The molecule has 33 heavy (non-hydrogen) atoms. The van der Waals surface area contributed by atoms with Gasteiger partial charge >= 0.3 is 6.09 Å². The lowest BCUT2D eigenvalue weighted by Gasteiger charge is -2.36. The van der Waals surface area contributed by atoms with Gasteiger partial charge in [-0.1, -0.05) is 47.7 Å². The molecule has 0 aromatic heterocycles. The maximum Gasteiger partial charge on any atom is 0.410 e. The lowest BCUT2D eigenvalue weighted by atomic mass is 9.95. The van der Waals surface area contributed by atoms with Crippen LogP contribution in [-0.4, -0.2) is 73.2 Å². The van der Waals surface area contributed by atoms with Gasteiger partial charge in [0.25, 0.3) is 0 Å². The summed E-state index contributed by atoms with van der Waals surface area (Å²) in [5, 5.41) is 0.723. The topological polar surface area (TPSA) is 36.0 Å². The second-order valence-corrected chi connectivity index (χ2v) is 10.1. The van der Waals surface area contributed by atoms with Crippen molar-refractivity contribution in [3.05, 3.63) is 58.6 Å². The molecule has 1 aliphatic rings. The molecule has 0 unspecified atom stereocenters. The number of carbonyl (C=O) groups excluding carboxylic acids is 1. The van der Waals surface area contributed by atoms with Gasteiger partial charge in [-0.15, -0.1) is 0 Å². The monoisotopic (exact) mass is 467 g/mol. The van der Waals surface area contributed by atoms with Crippen LogP contribution in [0.3, 0.4) is 0 Å². The van der Waals surface area contributed by atoms with Crippen LogP contribution in [0.15, 0.2) is 42.5 Å². The molecular formula is C27H34ClN3O2. The Kier molecular flexibility index (Phi) is 8.42. The second kappa shape index (κ2) is 11.1. The molecule has 176 valence electrons. The zero-order valence-corrected chi connectivity index (χ0v) is 21.1. The Hall–Kier alpha value is -2.52. The molecule has 0 aliphatic carbocycles. The number of hydrogen-bond donors (Lipinski definition) is 0. The predicted octanol–water partition coefficient (Wildman–Crippen LogP) is 4.97. The Balaban J connectivity index is 1.81. The number of halogens is 1. The first kappa shape index (κ1) is 25.1. The largest absolute Gasteiger partial charge is 0.444 e. The second-order valence-electron chi connectivity index (χ2n) is 9.62. The zero-order valence-electron chi connectivity index (χ0n) is 20.3. The van der Waals surface area contributed by atoms with E-state index < -0.39 is 5.60 Å². The number of amides is 1. The maximum atomic E-state index is 12.4. The summed E-state index contributed by atoms with van der Waals surface area (Å²) >= 11 is 6.13. The summed E-state index contributed by atoms with van der Waals surface area (Å²) in [5.41, 5.74) is 4.05. The lowest BCUT2D eigenvalue weighted by molar-refractivity contribution is 0.0139. The van der Waals surface area contributed by atoms with E-state index in [1.54, 1.807) is 4.90 Å². The molecule has 6 heteroatoms. The van der Waals surface area contributed by atoms with Gasteiger partial charge < -0.3 is 9.64 Å². The molecule has 0 radical (unpaired) electrons. The number of rotatable bonds is 4. The molecule has 0 bridgehead atoms. The van der Waals surface area contributed by atoms with Crippen molar-refractivity contribution in [2.45, 2.75) is 32.9 Å². The third-order valence-electron chi connectivity index (χ3n) is 5.36. The van der Waals surface area contributed by atoms with Crippen molar-refractivity contribution in [1.29, 1.82) is 0 Å². The van der Waals surface area contributed by atoms with Crippen LogP contribution in [0, 0.1) is 11.8 Å². The number of ether oxygens (including phenoxy) is 1. The predicted molar refractivity (Wildman–Crippen MR) is 135 cm³/mol. The van der Waals surface area contributed by atoms with Gasteiger partial charge in [-0.05, 0) is 69.8 Å². The SMILES string of the molecule is CN(C)CC#Cc1cccc(-c2ccc(Cl)cc2)c1CN1CCN(C(=O)OC(C)(C)C)CC1. The molecule has 0 atom stereocenters. The van der Waals surface area contributed by atoms with Gasteiger partial charge in [0.1, 0.15) is 5.60 Å². The van der Waals surface area contributed by atoms with Crippen molar-refractivity contribution >= 4 is 17.7 Å². The molecule has 0 saturated carbocycles. The summed E-state index contributed by atoms with van der Waals surface area (Å²) in [6.07, 6.45) is -0.237. The van der Waals surface area contributed by atoms with E-state index in [1.807, 2.05) is 47.0 Å². The molecule has 0 spiro atoms. The summed E-state index contributed by atoms with van der Waals surface area (Å²) in [7, 11) is 4.04.